The number of nitrogens with one attached hydrogen (secondary N) is 1. The zero-order valence-electron chi connectivity index (χ0n) is 13.0. The van der Waals surface area contributed by atoms with Crippen LogP contribution >= 0.6 is 35.6 Å². The number of benzene rings is 1. The predicted octanol–water partition coefficient (Wildman–Crippen LogP) is 2.81. The van der Waals surface area contributed by atoms with Gasteiger partial charge in [-0.05, 0) is 36.5 Å². The van der Waals surface area contributed by atoms with Crippen molar-refractivity contribution in [2.45, 2.75) is 19.8 Å². The number of hydrogen-bond donors (Lipinski definition) is 1. The number of amides is 1. The SMILES string of the molecule is CC1CC[NH+](CN2C(=O)C(=Cc3ccccc3Cl)SC2=S)CC1. The zero-order valence-corrected chi connectivity index (χ0v) is 15.4. The number of likely N-dealkylation sites (tertiary alicyclic amines) is 1. The zero-order chi connectivity index (χ0) is 16.4. The molecule has 3 rings (SSSR count). The van der Waals surface area contributed by atoms with E-state index in [4.69, 9.17) is 23.8 Å². The third-order valence-corrected chi connectivity index (χ3v) is 6.15. The van der Waals surface area contributed by atoms with Gasteiger partial charge < -0.3 is 4.90 Å². The van der Waals surface area contributed by atoms with Gasteiger partial charge in [0, 0.05) is 5.02 Å². The molecule has 0 spiro atoms. The molecule has 122 valence electrons. The van der Waals surface area contributed by atoms with E-state index in [1.54, 1.807) is 4.90 Å². The van der Waals surface area contributed by atoms with Crippen LogP contribution in [-0.2, 0) is 4.79 Å². The highest BCUT2D eigenvalue weighted by molar-refractivity contribution is 8.26. The Morgan fingerprint density at radius 1 is 1.39 bits per heavy atom. The van der Waals surface area contributed by atoms with Crippen molar-refractivity contribution in [3.63, 3.8) is 0 Å². The van der Waals surface area contributed by atoms with Gasteiger partial charge in [-0.3, -0.25) is 4.79 Å². The Hall–Kier alpha value is -0.880. The molecular weight excluding hydrogens is 348 g/mol. The Balaban J connectivity index is 1.71. The molecule has 23 heavy (non-hydrogen) atoms. The third kappa shape index (κ3) is 3.97. The Kier molecular flexibility index (Phi) is 5.42. The first-order chi connectivity index (χ1) is 11.0. The van der Waals surface area contributed by atoms with Crippen LogP contribution in [0.1, 0.15) is 25.3 Å². The van der Waals surface area contributed by atoms with Gasteiger partial charge in [-0.2, -0.15) is 0 Å². The number of piperidine rings is 1. The number of rotatable bonds is 3. The average molecular weight is 368 g/mol. The first kappa shape index (κ1) is 17.0. The number of thiocarbonyl (C=S) groups is 1. The van der Waals surface area contributed by atoms with Crippen LogP contribution < -0.4 is 4.90 Å². The fraction of sp³-hybridized carbons (Fsp3) is 0.412. The maximum absolute atomic E-state index is 12.7. The lowest BCUT2D eigenvalue weighted by atomic mass is 10.00. The molecule has 2 aliphatic heterocycles. The second-order valence-corrected chi connectivity index (χ2v) is 8.30. The molecule has 1 amide bonds. The molecule has 2 fully saturated rings. The Bertz CT molecular complexity index is 654. The minimum Gasteiger partial charge on any atom is -0.317 e. The van der Waals surface area contributed by atoms with Gasteiger partial charge in [-0.25, -0.2) is 4.90 Å². The molecule has 2 saturated heterocycles. The van der Waals surface area contributed by atoms with Crippen LogP contribution in [0.2, 0.25) is 5.02 Å². The van der Waals surface area contributed by atoms with Gasteiger partial charge in [-0.15, -0.1) is 0 Å². The molecule has 0 bridgehead atoms. The number of carbonyl (C=O) groups excluding carboxylic acids is 1. The van der Waals surface area contributed by atoms with Crippen LogP contribution in [0.5, 0.6) is 0 Å². The molecule has 6 heteroatoms. The lowest BCUT2D eigenvalue weighted by Crippen LogP contribution is -3.14. The molecule has 0 saturated carbocycles. The summed E-state index contributed by atoms with van der Waals surface area (Å²) in [7, 11) is 0. The number of carbonyl (C=O) groups is 1. The first-order valence-corrected chi connectivity index (χ1v) is 9.48. The number of hydrogen-bond acceptors (Lipinski definition) is 3. The summed E-state index contributed by atoms with van der Waals surface area (Å²) in [6, 6.07) is 7.53. The molecule has 0 atom stereocenters. The van der Waals surface area contributed by atoms with Crippen molar-refractivity contribution in [3.05, 3.63) is 39.8 Å². The quantitative estimate of drug-likeness (QED) is 0.656. The summed E-state index contributed by atoms with van der Waals surface area (Å²) >= 11 is 13.0. The molecule has 0 aromatic heterocycles. The van der Waals surface area contributed by atoms with Crippen molar-refractivity contribution in [1.29, 1.82) is 0 Å². The summed E-state index contributed by atoms with van der Waals surface area (Å²) in [4.78, 5) is 16.5. The monoisotopic (exact) mass is 367 g/mol. The van der Waals surface area contributed by atoms with Gasteiger partial charge in [-0.1, -0.05) is 60.7 Å². The van der Waals surface area contributed by atoms with E-state index >= 15 is 0 Å². The first-order valence-electron chi connectivity index (χ1n) is 7.88. The summed E-state index contributed by atoms with van der Waals surface area (Å²) in [6.07, 6.45) is 4.29. The molecule has 1 N–H and O–H groups in total. The van der Waals surface area contributed by atoms with E-state index in [0.29, 0.717) is 20.9 Å². The van der Waals surface area contributed by atoms with Crippen LogP contribution in [0.3, 0.4) is 0 Å². The van der Waals surface area contributed by atoms with E-state index in [0.717, 1.165) is 24.6 Å². The van der Waals surface area contributed by atoms with Gasteiger partial charge in [0.1, 0.15) is 0 Å². The number of quaternary nitrogens is 1. The maximum atomic E-state index is 12.7. The molecule has 1 aromatic rings. The van der Waals surface area contributed by atoms with Crippen LogP contribution in [0.25, 0.3) is 6.08 Å². The highest BCUT2D eigenvalue weighted by atomic mass is 35.5. The summed E-state index contributed by atoms with van der Waals surface area (Å²) in [5.41, 5.74) is 0.855. The highest BCUT2D eigenvalue weighted by Crippen LogP contribution is 2.33. The predicted molar refractivity (Wildman–Crippen MR) is 100 cm³/mol. The molecule has 2 aliphatic rings. The summed E-state index contributed by atoms with van der Waals surface area (Å²) < 4.78 is 0.652. The second-order valence-electron chi connectivity index (χ2n) is 6.22. The number of thioether (sulfide) groups is 1. The largest absolute Gasteiger partial charge is 0.317 e. The van der Waals surface area contributed by atoms with Gasteiger partial charge in [0.05, 0.1) is 18.0 Å². The topological polar surface area (TPSA) is 24.8 Å². The van der Waals surface area contributed by atoms with Crippen molar-refractivity contribution in [2.75, 3.05) is 19.8 Å². The standard InChI is InChI=1S/C17H19ClN2OS2/c1-12-6-8-19(9-7-12)11-20-16(21)15(23-17(20)22)10-13-4-2-3-5-14(13)18/h2-5,10,12H,6-9,11H2,1H3/p+1. The van der Waals surface area contributed by atoms with Gasteiger partial charge >= 0.3 is 0 Å². The molecule has 3 nitrogen and oxygen atoms in total. The molecular formula is C17H20ClN2OS2+. The Morgan fingerprint density at radius 2 is 2.09 bits per heavy atom. The normalized spacial score (nSPS) is 27.0. The molecule has 0 aliphatic carbocycles. The van der Waals surface area contributed by atoms with E-state index in [9.17, 15) is 4.79 Å². The molecule has 1 aromatic carbocycles. The van der Waals surface area contributed by atoms with Crippen molar-refractivity contribution in [3.8, 4) is 0 Å². The Morgan fingerprint density at radius 3 is 2.78 bits per heavy atom. The van der Waals surface area contributed by atoms with Crippen LogP contribution in [-0.4, -0.2) is 34.9 Å². The van der Waals surface area contributed by atoms with Gasteiger partial charge in [0.2, 0.25) is 0 Å². The Labute approximate surface area is 151 Å². The molecule has 0 unspecified atom stereocenters. The van der Waals surface area contributed by atoms with Crippen molar-refractivity contribution in [1.82, 2.24) is 4.90 Å². The average Bonchev–Trinajstić information content (AvgIpc) is 2.79. The lowest BCUT2D eigenvalue weighted by molar-refractivity contribution is -0.913. The van der Waals surface area contributed by atoms with Crippen LogP contribution in [0.15, 0.2) is 29.2 Å². The van der Waals surface area contributed by atoms with Gasteiger partial charge in [0.15, 0.2) is 11.0 Å². The summed E-state index contributed by atoms with van der Waals surface area (Å²) in [6.45, 7) is 5.20. The maximum Gasteiger partial charge on any atom is 0.270 e. The van der Waals surface area contributed by atoms with E-state index < -0.39 is 0 Å². The van der Waals surface area contributed by atoms with E-state index in [-0.39, 0.29) is 5.91 Å². The lowest BCUT2D eigenvalue weighted by Gasteiger charge is -2.29. The minimum absolute atomic E-state index is 0.00559. The van der Waals surface area contributed by atoms with Crippen molar-refractivity contribution >= 4 is 51.9 Å². The van der Waals surface area contributed by atoms with Gasteiger partial charge in [0.25, 0.3) is 5.91 Å². The molecule has 2 heterocycles. The minimum atomic E-state index is 0.00559. The summed E-state index contributed by atoms with van der Waals surface area (Å²) in [5, 5.41) is 0.647. The number of halogens is 1. The van der Waals surface area contributed by atoms with E-state index in [2.05, 4.69) is 6.92 Å². The molecule has 0 radical (unpaired) electrons. The highest BCUT2D eigenvalue weighted by Gasteiger charge is 2.35. The van der Waals surface area contributed by atoms with Crippen molar-refractivity contribution < 1.29 is 9.69 Å². The van der Waals surface area contributed by atoms with Crippen LogP contribution in [0.4, 0.5) is 0 Å². The fourth-order valence-electron chi connectivity index (χ4n) is 2.92. The van der Waals surface area contributed by atoms with E-state index in [1.807, 2.05) is 30.3 Å². The van der Waals surface area contributed by atoms with Crippen molar-refractivity contribution in [2.24, 2.45) is 5.92 Å². The smallest absolute Gasteiger partial charge is 0.270 e. The van der Waals surface area contributed by atoms with Crippen LogP contribution in [0, 0.1) is 5.92 Å². The fourth-order valence-corrected chi connectivity index (χ4v) is 4.36. The third-order valence-electron chi connectivity index (χ3n) is 4.43. The summed E-state index contributed by atoms with van der Waals surface area (Å²) in [5.74, 6) is 0.802. The van der Waals surface area contributed by atoms with E-state index in [1.165, 1.54) is 29.5 Å². The number of nitrogens with zero attached hydrogens (tertiary/aromatic N) is 1. The second kappa shape index (κ2) is 7.34.